The SMILES string of the molecule is Cc1nn(C2CCN(C(C)C)CC2)cc1Nc1ncc(Cl)c(NCCCN2CCCOC2=O)n1. The normalized spacial score (nSPS) is 17.8. The predicted molar refractivity (Wildman–Crippen MR) is 133 cm³/mol. The lowest BCUT2D eigenvalue weighted by molar-refractivity contribution is 0.0729. The lowest BCUT2D eigenvalue weighted by Gasteiger charge is -2.34. The van der Waals surface area contributed by atoms with Crippen molar-refractivity contribution in [3.8, 4) is 0 Å². The third-order valence-corrected chi connectivity index (χ3v) is 6.74. The maximum absolute atomic E-state index is 11.7. The van der Waals surface area contributed by atoms with E-state index in [0.29, 0.717) is 48.6 Å². The Morgan fingerprint density at radius 2 is 2.06 bits per heavy atom. The zero-order valence-corrected chi connectivity index (χ0v) is 21.0. The topological polar surface area (TPSA) is 100 Å². The van der Waals surface area contributed by atoms with Gasteiger partial charge in [0.25, 0.3) is 0 Å². The molecule has 1 amide bonds. The molecule has 10 nitrogen and oxygen atoms in total. The molecule has 34 heavy (non-hydrogen) atoms. The van der Waals surface area contributed by atoms with Crippen molar-refractivity contribution in [2.24, 2.45) is 0 Å². The minimum absolute atomic E-state index is 0.237. The zero-order valence-electron chi connectivity index (χ0n) is 20.3. The molecule has 2 aliphatic heterocycles. The molecule has 11 heteroatoms. The van der Waals surface area contributed by atoms with Crippen LogP contribution in [0.2, 0.25) is 5.02 Å². The number of aryl methyl sites for hydroxylation is 1. The van der Waals surface area contributed by atoms with E-state index in [1.165, 1.54) is 0 Å². The van der Waals surface area contributed by atoms with E-state index in [-0.39, 0.29) is 6.09 Å². The van der Waals surface area contributed by atoms with Crippen molar-refractivity contribution in [3.05, 3.63) is 23.1 Å². The number of anilines is 3. The van der Waals surface area contributed by atoms with Crippen LogP contribution < -0.4 is 10.6 Å². The first-order chi connectivity index (χ1) is 16.4. The number of nitrogens with one attached hydrogen (secondary N) is 2. The lowest BCUT2D eigenvalue weighted by atomic mass is 10.0. The standard InChI is InChI=1S/C23H35ClN8O2/c1-16(2)30-11-6-18(7-12-30)32-15-20(17(3)29-32)27-22-26-14-19(24)21(28-22)25-8-4-9-31-10-5-13-34-23(31)33/h14-16,18H,4-13H2,1-3H3,(H2,25,26,27,28). The van der Waals surface area contributed by atoms with Gasteiger partial charge in [0.1, 0.15) is 10.8 Å². The van der Waals surface area contributed by atoms with Crippen LogP contribution >= 0.6 is 11.6 Å². The number of halogens is 1. The fraction of sp³-hybridized carbons (Fsp3) is 0.652. The Morgan fingerprint density at radius 1 is 1.26 bits per heavy atom. The first-order valence-electron chi connectivity index (χ1n) is 12.2. The molecule has 2 saturated heterocycles. The highest BCUT2D eigenvalue weighted by atomic mass is 35.5. The Balaban J connectivity index is 1.32. The molecule has 186 valence electrons. The molecule has 0 aromatic carbocycles. The van der Waals surface area contributed by atoms with Gasteiger partial charge in [0.15, 0.2) is 0 Å². The zero-order chi connectivity index (χ0) is 24.1. The monoisotopic (exact) mass is 490 g/mol. The van der Waals surface area contributed by atoms with Crippen molar-refractivity contribution in [2.45, 2.75) is 58.5 Å². The molecule has 2 aromatic rings. The number of hydrogen-bond donors (Lipinski definition) is 2. The molecule has 0 unspecified atom stereocenters. The minimum Gasteiger partial charge on any atom is -0.449 e. The third kappa shape index (κ3) is 6.09. The second kappa shape index (κ2) is 11.2. The number of aromatic nitrogens is 4. The molecule has 2 fully saturated rings. The highest BCUT2D eigenvalue weighted by molar-refractivity contribution is 6.32. The molecular weight excluding hydrogens is 456 g/mol. The van der Waals surface area contributed by atoms with Crippen molar-refractivity contribution in [2.75, 3.05) is 50.0 Å². The number of ether oxygens (including phenoxy) is 1. The maximum Gasteiger partial charge on any atom is 0.409 e. The summed E-state index contributed by atoms with van der Waals surface area (Å²) < 4.78 is 7.15. The smallest absolute Gasteiger partial charge is 0.409 e. The Hall–Kier alpha value is -2.59. The van der Waals surface area contributed by atoms with Gasteiger partial charge in [0.2, 0.25) is 5.95 Å². The Morgan fingerprint density at radius 3 is 2.79 bits per heavy atom. The Kier molecular flexibility index (Phi) is 8.10. The van der Waals surface area contributed by atoms with Gasteiger partial charge in [-0.2, -0.15) is 10.1 Å². The molecule has 0 spiro atoms. The summed E-state index contributed by atoms with van der Waals surface area (Å²) >= 11 is 6.30. The highest BCUT2D eigenvalue weighted by Gasteiger charge is 2.23. The van der Waals surface area contributed by atoms with Crippen LogP contribution in [0.4, 0.5) is 22.2 Å². The van der Waals surface area contributed by atoms with Crippen LogP contribution in [0, 0.1) is 6.92 Å². The van der Waals surface area contributed by atoms with Crippen molar-refractivity contribution in [1.29, 1.82) is 0 Å². The van der Waals surface area contributed by atoms with Gasteiger partial charge in [-0.05, 0) is 46.5 Å². The predicted octanol–water partition coefficient (Wildman–Crippen LogP) is 4.07. The number of nitrogens with zero attached hydrogens (tertiary/aromatic N) is 6. The summed E-state index contributed by atoms with van der Waals surface area (Å²) in [5, 5.41) is 11.7. The first-order valence-corrected chi connectivity index (χ1v) is 12.5. The second-order valence-electron chi connectivity index (χ2n) is 9.22. The number of carbonyl (C=O) groups is 1. The molecule has 4 rings (SSSR count). The van der Waals surface area contributed by atoms with E-state index in [9.17, 15) is 4.79 Å². The molecule has 0 bridgehead atoms. The number of carbonyl (C=O) groups excluding carboxylic acids is 1. The number of rotatable bonds is 9. The molecular formula is C23H35ClN8O2. The summed E-state index contributed by atoms with van der Waals surface area (Å²) in [5.74, 6) is 1.02. The van der Waals surface area contributed by atoms with Gasteiger partial charge in [-0.25, -0.2) is 9.78 Å². The van der Waals surface area contributed by atoms with Crippen LogP contribution in [-0.4, -0.2) is 81.0 Å². The van der Waals surface area contributed by atoms with E-state index in [1.807, 2.05) is 13.1 Å². The van der Waals surface area contributed by atoms with Gasteiger partial charge in [0, 0.05) is 45.0 Å². The quantitative estimate of drug-likeness (QED) is 0.507. The molecule has 4 heterocycles. The molecule has 2 aromatic heterocycles. The van der Waals surface area contributed by atoms with Gasteiger partial charge >= 0.3 is 6.09 Å². The highest BCUT2D eigenvalue weighted by Crippen LogP contribution is 2.27. The molecule has 2 N–H and O–H groups in total. The first kappa shape index (κ1) is 24.5. The number of likely N-dealkylation sites (tertiary alicyclic amines) is 1. The number of amides is 1. The van der Waals surface area contributed by atoms with Crippen LogP contribution in [-0.2, 0) is 4.74 Å². The fourth-order valence-electron chi connectivity index (χ4n) is 4.41. The minimum atomic E-state index is -0.237. The summed E-state index contributed by atoms with van der Waals surface area (Å²) in [7, 11) is 0. The second-order valence-corrected chi connectivity index (χ2v) is 9.63. The number of piperidine rings is 1. The van der Waals surface area contributed by atoms with Gasteiger partial charge < -0.3 is 25.2 Å². The van der Waals surface area contributed by atoms with Crippen LogP contribution in [0.25, 0.3) is 0 Å². The van der Waals surface area contributed by atoms with E-state index in [4.69, 9.17) is 21.4 Å². The van der Waals surface area contributed by atoms with Crippen LogP contribution in [0.15, 0.2) is 12.4 Å². The van der Waals surface area contributed by atoms with Crippen molar-refractivity contribution < 1.29 is 9.53 Å². The summed E-state index contributed by atoms with van der Waals surface area (Å²) in [6.07, 6.45) is 7.23. The largest absolute Gasteiger partial charge is 0.449 e. The summed E-state index contributed by atoms with van der Waals surface area (Å²) in [5.41, 5.74) is 1.80. The van der Waals surface area contributed by atoms with Crippen LogP contribution in [0.1, 0.15) is 51.3 Å². The Labute approximate surface area is 206 Å². The molecule has 0 aliphatic carbocycles. The summed E-state index contributed by atoms with van der Waals surface area (Å²) in [6, 6.07) is 0.994. The summed E-state index contributed by atoms with van der Waals surface area (Å²) in [4.78, 5) is 24.8. The van der Waals surface area contributed by atoms with E-state index in [1.54, 1.807) is 11.1 Å². The average Bonchev–Trinajstić information content (AvgIpc) is 3.19. The number of cyclic esters (lactones) is 1. The van der Waals surface area contributed by atoms with Gasteiger partial charge in [-0.15, -0.1) is 0 Å². The average molecular weight is 491 g/mol. The van der Waals surface area contributed by atoms with E-state index in [0.717, 1.165) is 56.7 Å². The van der Waals surface area contributed by atoms with Crippen molar-refractivity contribution in [1.82, 2.24) is 29.5 Å². The molecule has 0 radical (unpaired) electrons. The van der Waals surface area contributed by atoms with Gasteiger partial charge in [0.05, 0.1) is 30.2 Å². The Bertz CT molecular complexity index is 974. The molecule has 0 saturated carbocycles. The number of hydrogen-bond acceptors (Lipinski definition) is 8. The summed E-state index contributed by atoms with van der Waals surface area (Å²) in [6.45, 7) is 11.2. The van der Waals surface area contributed by atoms with E-state index < -0.39 is 0 Å². The molecule has 0 atom stereocenters. The molecule has 2 aliphatic rings. The fourth-order valence-corrected chi connectivity index (χ4v) is 4.57. The van der Waals surface area contributed by atoms with Crippen LogP contribution in [0.5, 0.6) is 0 Å². The maximum atomic E-state index is 11.7. The van der Waals surface area contributed by atoms with Gasteiger partial charge in [-0.3, -0.25) is 4.68 Å². The lowest BCUT2D eigenvalue weighted by Crippen LogP contribution is -2.39. The van der Waals surface area contributed by atoms with E-state index in [2.05, 4.69) is 44.0 Å². The third-order valence-electron chi connectivity index (χ3n) is 6.46. The van der Waals surface area contributed by atoms with Crippen molar-refractivity contribution in [3.63, 3.8) is 0 Å². The van der Waals surface area contributed by atoms with Gasteiger partial charge in [-0.1, -0.05) is 11.6 Å². The van der Waals surface area contributed by atoms with E-state index >= 15 is 0 Å². The van der Waals surface area contributed by atoms with Crippen LogP contribution in [0.3, 0.4) is 0 Å². The van der Waals surface area contributed by atoms with Crippen molar-refractivity contribution >= 4 is 35.1 Å².